The Bertz CT molecular complexity index is 362. The van der Waals surface area contributed by atoms with E-state index in [1.165, 1.54) is 24.0 Å². The number of nitrogens with one attached hydrogen (secondary N) is 1. The van der Waals surface area contributed by atoms with E-state index in [4.69, 9.17) is 5.73 Å². The molecule has 0 amide bonds. The third-order valence-electron chi connectivity index (χ3n) is 3.57. The molecule has 1 aromatic carbocycles. The van der Waals surface area contributed by atoms with Crippen LogP contribution in [0.4, 0.5) is 0 Å². The Balaban J connectivity index is 2.71. The van der Waals surface area contributed by atoms with Crippen LogP contribution < -0.4 is 11.1 Å². The van der Waals surface area contributed by atoms with Crippen LogP contribution in [0.5, 0.6) is 0 Å². The molecule has 0 aromatic heterocycles. The van der Waals surface area contributed by atoms with Gasteiger partial charge in [0, 0.05) is 17.1 Å². The van der Waals surface area contributed by atoms with Crippen molar-refractivity contribution in [1.82, 2.24) is 5.32 Å². The molecule has 0 fully saturated rings. The molecule has 0 radical (unpaired) electrons. The maximum absolute atomic E-state index is 5.90. The number of aryl methyl sites for hydroxylation is 1. The number of benzene rings is 1. The molecule has 1 rings (SSSR count). The van der Waals surface area contributed by atoms with Crippen LogP contribution in [0.1, 0.15) is 43.9 Å². The van der Waals surface area contributed by atoms with Gasteiger partial charge in [-0.15, -0.1) is 0 Å². The van der Waals surface area contributed by atoms with Crippen molar-refractivity contribution in [2.45, 2.75) is 39.7 Å². The lowest BCUT2D eigenvalue weighted by molar-refractivity contribution is 0.413. The summed E-state index contributed by atoms with van der Waals surface area (Å²) in [4.78, 5) is 0. The fraction of sp³-hybridized carbons (Fsp3) is 0.600. The molecule has 0 aliphatic rings. The molecule has 3 heteroatoms. The van der Waals surface area contributed by atoms with Gasteiger partial charge in [-0.05, 0) is 36.6 Å². The molecule has 0 bridgehead atoms. The van der Waals surface area contributed by atoms with Crippen LogP contribution in [-0.2, 0) is 0 Å². The third-order valence-corrected chi connectivity index (χ3v) is 4.26. The summed E-state index contributed by atoms with van der Waals surface area (Å²) < 4.78 is 1.15. The van der Waals surface area contributed by atoms with E-state index in [0.717, 1.165) is 16.9 Å². The molecule has 0 saturated heterocycles. The second kappa shape index (κ2) is 7.93. The Morgan fingerprint density at radius 3 is 2.44 bits per heavy atom. The molecule has 1 aromatic rings. The fourth-order valence-corrected chi connectivity index (χ4v) is 2.89. The van der Waals surface area contributed by atoms with Crippen LogP contribution >= 0.6 is 15.9 Å². The molecule has 2 nitrogen and oxygen atoms in total. The first-order valence-electron chi connectivity index (χ1n) is 6.81. The van der Waals surface area contributed by atoms with Crippen LogP contribution in [0.3, 0.4) is 0 Å². The average Bonchev–Trinajstić information content (AvgIpc) is 2.36. The Labute approximate surface area is 119 Å². The van der Waals surface area contributed by atoms with Gasteiger partial charge in [0.25, 0.3) is 0 Å². The van der Waals surface area contributed by atoms with E-state index in [9.17, 15) is 0 Å². The van der Waals surface area contributed by atoms with Crippen molar-refractivity contribution in [3.63, 3.8) is 0 Å². The van der Waals surface area contributed by atoms with Gasteiger partial charge < -0.3 is 11.1 Å². The highest BCUT2D eigenvalue weighted by Gasteiger charge is 2.14. The molecule has 18 heavy (non-hydrogen) atoms. The maximum atomic E-state index is 5.90. The van der Waals surface area contributed by atoms with E-state index >= 15 is 0 Å². The average molecular weight is 313 g/mol. The van der Waals surface area contributed by atoms with Gasteiger partial charge in [0.05, 0.1) is 0 Å². The molecule has 102 valence electrons. The Morgan fingerprint density at radius 2 is 1.94 bits per heavy atom. The molecule has 1 unspecified atom stereocenters. The van der Waals surface area contributed by atoms with Gasteiger partial charge in [0.1, 0.15) is 0 Å². The molecule has 0 aliphatic carbocycles. The largest absolute Gasteiger partial charge is 0.329 e. The summed E-state index contributed by atoms with van der Waals surface area (Å²) in [6.07, 6.45) is 2.44. The van der Waals surface area contributed by atoms with E-state index in [-0.39, 0.29) is 6.04 Å². The van der Waals surface area contributed by atoms with Crippen molar-refractivity contribution >= 4 is 15.9 Å². The van der Waals surface area contributed by atoms with Crippen molar-refractivity contribution in [3.05, 3.63) is 33.8 Å². The van der Waals surface area contributed by atoms with Gasteiger partial charge in [-0.1, -0.05) is 54.8 Å². The standard InChI is InChI=1S/C15H25BrN2/c1-4-12(5-2)10-18-15(9-17)13-7-6-11(3)8-14(13)16/h6-8,12,15,18H,4-5,9-10,17H2,1-3H3. The molecule has 0 aliphatic heterocycles. The summed E-state index contributed by atoms with van der Waals surface area (Å²) in [6, 6.07) is 6.69. The normalized spacial score (nSPS) is 13.0. The SMILES string of the molecule is CCC(CC)CNC(CN)c1ccc(C)cc1Br. The van der Waals surface area contributed by atoms with Gasteiger partial charge in [-0.2, -0.15) is 0 Å². The summed E-state index contributed by atoms with van der Waals surface area (Å²) in [5.74, 6) is 0.739. The first kappa shape index (κ1) is 15.7. The Hall–Kier alpha value is -0.380. The molecular weight excluding hydrogens is 288 g/mol. The highest BCUT2D eigenvalue weighted by atomic mass is 79.9. The zero-order valence-electron chi connectivity index (χ0n) is 11.7. The second-order valence-corrected chi connectivity index (χ2v) is 5.76. The van der Waals surface area contributed by atoms with Crippen LogP contribution in [0.15, 0.2) is 22.7 Å². The van der Waals surface area contributed by atoms with Crippen molar-refractivity contribution in [2.75, 3.05) is 13.1 Å². The minimum atomic E-state index is 0.237. The smallest absolute Gasteiger partial charge is 0.0455 e. The van der Waals surface area contributed by atoms with Crippen molar-refractivity contribution in [3.8, 4) is 0 Å². The molecule has 0 saturated carbocycles. The predicted octanol–water partition coefficient (Wildman–Crippen LogP) is 3.78. The lowest BCUT2D eigenvalue weighted by Crippen LogP contribution is -2.32. The molecule has 0 spiro atoms. The Morgan fingerprint density at radius 1 is 1.28 bits per heavy atom. The summed E-state index contributed by atoms with van der Waals surface area (Å²) >= 11 is 3.63. The summed E-state index contributed by atoms with van der Waals surface area (Å²) in [5, 5.41) is 3.59. The monoisotopic (exact) mass is 312 g/mol. The van der Waals surface area contributed by atoms with E-state index in [1.807, 2.05) is 0 Å². The van der Waals surface area contributed by atoms with Gasteiger partial charge in [-0.3, -0.25) is 0 Å². The van der Waals surface area contributed by atoms with Gasteiger partial charge >= 0.3 is 0 Å². The summed E-state index contributed by atoms with van der Waals surface area (Å²) in [7, 11) is 0. The number of hydrogen-bond acceptors (Lipinski definition) is 2. The van der Waals surface area contributed by atoms with E-state index in [2.05, 4.69) is 60.2 Å². The van der Waals surface area contributed by atoms with E-state index in [1.54, 1.807) is 0 Å². The first-order chi connectivity index (χ1) is 8.62. The van der Waals surface area contributed by atoms with E-state index in [0.29, 0.717) is 6.54 Å². The number of halogens is 1. The number of nitrogens with two attached hydrogens (primary N) is 1. The van der Waals surface area contributed by atoms with Crippen molar-refractivity contribution in [2.24, 2.45) is 11.7 Å². The minimum Gasteiger partial charge on any atom is -0.329 e. The summed E-state index contributed by atoms with van der Waals surface area (Å²) in [5.41, 5.74) is 8.42. The lowest BCUT2D eigenvalue weighted by atomic mass is 10.0. The zero-order valence-corrected chi connectivity index (χ0v) is 13.3. The number of rotatable bonds is 7. The van der Waals surface area contributed by atoms with Crippen molar-refractivity contribution in [1.29, 1.82) is 0 Å². The van der Waals surface area contributed by atoms with Crippen molar-refractivity contribution < 1.29 is 0 Å². The third kappa shape index (κ3) is 4.38. The molecule has 0 heterocycles. The lowest BCUT2D eigenvalue weighted by Gasteiger charge is -2.22. The first-order valence-corrected chi connectivity index (χ1v) is 7.61. The van der Waals surface area contributed by atoms with Gasteiger partial charge in [-0.25, -0.2) is 0 Å². The fourth-order valence-electron chi connectivity index (χ4n) is 2.12. The number of hydrogen-bond donors (Lipinski definition) is 2. The topological polar surface area (TPSA) is 38.0 Å². The maximum Gasteiger partial charge on any atom is 0.0455 e. The van der Waals surface area contributed by atoms with Crippen LogP contribution in [0.2, 0.25) is 0 Å². The zero-order chi connectivity index (χ0) is 13.5. The quantitative estimate of drug-likeness (QED) is 0.804. The summed E-state index contributed by atoms with van der Waals surface area (Å²) in [6.45, 7) is 8.25. The van der Waals surface area contributed by atoms with Crippen LogP contribution in [0.25, 0.3) is 0 Å². The van der Waals surface area contributed by atoms with E-state index < -0.39 is 0 Å². The molecule has 1 atom stereocenters. The molecule has 3 N–H and O–H groups in total. The minimum absolute atomic E-state index is 0.237. The molecular formula is C15H25BrN2. The van der Waals surface area contributed by atoms with Crippen LogP contribution in [-0.4, -0.2) is 13.1 Å². The predicted molar refractivity (Wildman–Crippen MR) is 82.7 cm³/mol. The highest BCUT2D eigenvalue weighted by molar-refractivity contribution is 9.10. The van der Waals surface area contributed by atoms with Gasteiger partial charge in [0.15, 0.2) is 0 Å². The van der Waals surface area contributed by atoms with Gasteiger partial charge in [0.2, 0.25) is 0 Å². The van der Waals surface area contributed by atoms with Crippen LogP contribution in [0, 0.1) is 12.8 Å². The Kier molecular flexibility index (Phi) is 6.90. The second-order valence-electron chi connectivity index (χ2n) is 4.90. The highest BCUT2D eigenvalue weighted by Crippen LogP contribution is 2.24.